The molecule has 0 aromatic heterocycles. The molecule has 1 aromatic rings. The van der Waals surface area contributed by atoms with Crippen LogP contribution in [0.5, 0.6) is 5.75 Å². The first-order chi connectivity index (χ1) is 9.32. The minimum absolute atomic E-state index is 0.00858. The lowest BCUT2D eigenvalue weighted by atomic mass is 9.87. The van der Waals surface area contributed by atoms with Crippen molar-refractivity contribution in [3.05, 3.63) is 24.3 Å². The van der Waals surface area contributed by atoms with Crippen molar-refractivity contribution in [1.82, 2.24) is 5.32 Å². The van der Waals surface area contributed by atoms with Crippen LogP contribution in [-0.4, -0.2) is 33.9 Å². The predicted octanol–water partition coefficient (Wildman–Crippen LogP) is 2.25. The molecule has 1 N–H and O–H groups in total. The first kappa shape index (κ1) is 15.3. The fourth-order valence-corrected chi connectivity index (χ4v) is 5.39. The van der Waals surface area contributed by atoms with Crippen molar-refractivity contribution in [3.8, 4) is 5.75 Å². The van der Waals surface area contributed by atoms with Crippen molar-refractivity contribution in [3.63, 3.8) is 0 Å². The van der Waals surface area contributed by atoms with Crippen molar-refractivity contribution in [2.45, 2.75) is 42.9 Å². The van der Waals surface area contributed by atoms with Crippen LogP contribution in [0.25, 0.3) is 0 Å². The highest BCUT2D eigenvalue weighted by atomic mass is 32.2. The van der Waals surface area contributed by atoms with Crippen LogP contribution >= 0.6 is 0 Å². The van der Waals surface area contributed by atoms with Gasteiger partial charge in [0.05, 0.1) is 17.3 Å². The average Bonchev–Trinajstić information content (AvgIpc) is 2.74. The van der Waals surface area contributed by atoms with Gasteiger partial charge in [-0.05, 0) is 43.5 Å². The van der Waals surface area contributed by atoms with E-state index in [-0.39, 0.29) is 16.7 Å². The molecule has 0 radical (unpaired) electrons. The van der Waals surface area contributed by atoms with Crippen molar-refractivity contribution < 1.29 is 13.2 Å². The zero-order valence-corrected chi connectivity index (χ0v) is 13.3. The van der Waals surface area contributed by atoms with Gasteiger partial charge in [0.25, 0.3) is 0 Å². The largest absolute Gasteiger partial charge is 0.497 e. The van der Waals surface area contributed by atoms with Gasteiger partial charge in [-0.15, -0.1) is 0 Å². The molecule has 1 aliphatic carbocycles. The van der Waals surface area contributed by atoms with Gasteiger partial charge in [-0.3, -0.25) is 0 Å². The Kier molecular flexibility index (Phi) is 4.12. The summed E-state index contributed by atoms with van der Waals surface area (Å²) in [6.07, 6.45) is 1.60. The fourth-order valence-electron chi connectivity index (χ4n) is 3.20. The maximum atomic E-state index is 12.9. The van der Waals surface area contributed by atoms with Gasteiger partial charge in [0.1, 0.15) is 5.75 Å². The van der Waals surface area contributed by atoms with Crippen molar-refractivity contribution >= 4 is 9.84 Å². The maximum absolute atomic E-state index is 12.9. The number of nitrogens with one attached hydrogen (secondary N) is 1. The Balaban J connectivity index is 2.40. The molecule has 0 bridgehead atoms. The van der Waals surface area contributed by atoms with Gasteiger partial charge in [-0.25, -0.2) is 8.42 Å². The molecule has 5 heteroatoms. The number of methoxy groups -OCH3 is 1. The second-order valence-electron chi connectivity index (χ2n) is 6.06. The average molecular weight is 297 g/mol. The van der Waals surface area contributed by atoms with E-state index in [0.717, 1.165) is 6.42 Å². The Hall–Kier alpha value is -1.07. The zero-order valence-electron chi connectivity index (χ0n) is 12.5. The fraction of sp³-hybridized carbons (Fsp3) is 0.600. The van der Waals surface area contributed by atoms with Gasteiger partial charge in [0, 0.05) is 6.04 Å². The Morgan fingerprint density at radius 3 is 2.65 bits per heavy atom. The molecule has 2 unspecified atom stereocenters. The molecule has 0 amide bonds. The number of hydrogen-bond acceptors (Lipinski definition) is 4. The minimum atomic E-state index is -3.35. The summed E-state index contributed by atoms with van der Waals surface area (Å²) >= 11 is 0. The lowest BCUT2D eigenvalue weighted by Crippen LogP contribution is -2.45. The highest BCUT2D eigenvalue weighted by Gasteiger charge is 2.47. The summed E-state index contributed by atoms with van der Waals surface area (Å²) in [5, 5.41) is 2.82. The van der Waals surface area contributed by atoms with E-state index in [2.05, 4.69) is 19.2 Å². The van der Waals surface area contributed by atoms with Crippen molar-refractivity contribution in [1.29, 1.82) is 0 Å². The van der Waals surface area contributed by atoms with Crippen LogP contribution in [0, 0.1) is 5.41 Å². The van der Waals surface area contributed by atoms with Crippen LogP contribution in [0.15, 0.2) is 29.2 Å². The van der Waals surface area contributed by atoms with E-state index >= 15 is 0 Å². The molecular formula is C15H23NO3S. The van der Waals surface area contributed by atoms with Crippen LogP contribution < -0.4 is 10.1 Å². The summed E-state index contributed by atoms with van der Waals surface area (Å²) in [5.74, 6) is 0.573. The third kappa shape index (κ3) is 2.56. The van der Waals surface area contributed by atoms with Gasteiger partial charge < -0.3 is 10.1 Å². The van der Waals surface area contributed by atoms with Gasteiger partial charge in [-0.2, -0.15) is 0 Å². The van der Waals surface area contributed by atoms with Crippen LogP contribution in [0.2, 0.25) is 0 Å². The first-order valence-electron chi connectivity index (χ1n) is 6.88. The molecule has 4 nitrogen and oxygen atoms in total. The van der Waals surface area contributed by atoms with Crippen LogP contribution in [-0.2, 0) is 9.84 Å². The third-order valence-corrected chi connectivity index (χ3v) is 6.58. The minimum Gasteiger partial charge on any atom is -0.497 e. The summed E-state index contributed by atoms with van der Waals surface area (Å²) in [7, 11) is 0.0355. The van der Waals surface area contributed by atoms with Gasteiger partial charge >= 0.3 is 0 Å². The third-order valence-electron chi connectivity index (χ3n) is 4.37. The Labute approximate surface area is 121 Å². The molecule has 1 fully saturated rings. The highest BCUT2D eigenvalue weighted by Crippen LogP contribution is 2.42. The molecule has 0 aliphatic heterocycles. The highest BCUT2D eigenvalue weighted by molar-refractivity contribution is 7.92. The van der Waals surface area contributed by atoms with Crippen LogP contribution in [0.4, 0.5) is 0 Å². The molecule has 2 atom stereocenters. The number of hydrogen-bond donors (Lipinski definition) is 1. The quantitative estimate of drug-likeness (QED) is 0.926. The van der Waals surface area contributed by atoms with Crippen LogP contribution in [0.1, 0.15) is 26.7 Å². The van der Waals surface area contributed by atoms with E-state index in [0.29, 0.717) is 17.1 Å². The Morgan fingerprint density at radius 2 is 2.05 bits per heavy atom. The summed E-state index contributed by atoms with van der Waals surface area (Å²) in [5.41, 5.74) is -0.00858. The summed E-state index contributed by atoms with van der Waals surface area (Å²) in [4.78, 5) is 0.347. The van der Waals surface area contributed by atoms with Gasteiger partial charge in [0.15, 0.2) is 9.84 Å². The van der Waals surface area contributed by atoms with Gasteiger partial charge in [-0.1, -0.05) is 19.9 Å². The second kappa shape index (κ2) is 5.37. The summed E-state index contributed by atoms with van der Waals surface area (Å²) in [6.45, 7) is 4.24. The monoisotopic (exact) mass is 297 g/mol. The molecular weight excluding hydrogens is 274 g/mol. The number of ether oxygens (including phenoxy) is 1. The SMILES string of the molecule is CNC1C(S(=O)(=O)c2cccc(OC)c2)CCC1(C)C. The summed E-state index contributed by atoms with van der Waals surface area (Å²) in [6, 6.07) is 6.70. The molecule has 112 valence electrons. The lowest BCUT2D eigenvalue weighted by Gasteiger charge is -2.30. The molecule has 2 rings (SSSR count). The van der Waals surface area contributed by atoms with E-state index in [4.69, 9.17) is 4.74 Å². The predicted molar refractivity (Wildman–Crippen MR) is 79.8 cm³/mol. The zero-order chi connectivity index (χ0) is 15.0. The molecule has 0 heterocycles. The van der Waals surface area contributed by atoms with E-state index in [1.54, 1.807) is 31.4 Å². The van der Waals surface area contributed by atoms with Gasteiger partial charge in [0.2, 0.25) is 0 Å². The first-order valence-corrected chi connectivity index (χ1v) is 8.43. The molecule has 0 saturated heterocycles. The molecule has 1 saturated carbocycles. The maximum Gasteiger partial charge on any atom is 0.182 e. The van der Waals surface area contributed by atoms with E-state index in [1.807, 2.05) is 7.05 Å². The Morgan fingerprint density at radius 1 is 1.35 bits per heavy atom. The number of benzene rings is 1. The van der Waals surface area contributed by atoms with E-state index in [1.165, 1.54) is 0 Å². The van der Waals surface area contributed by atoms with E-state index < -0.39 is 9.84 Å². The molecule has 1 aliphatic rings. The Bertz CT molecular complexity index is 581. The van der Waals surface area contributed by atoms with Crippen LogP contribution in [0.3, 0.4) is 0 Å². The normalized spacial score (nSPS) is 25.6. The molecule has 0 spiro atoms. The number of sulfone groups is 1. The van der Waals surface area contributed by atoms with Crippen molar-refractivity contribution in [2.24, 2.45) is 5.41 Å². The summed E-state index contributed by atoms with van der Waals surface area (Å²) < 4.78 is 30.9. The second-order valence-corrected chi connectivity index (χ2v) is 8.22. The molecule has 20 heavy (non-hydrogen) atoms. The standard InChI is InChI=1S/C15H23NO3S/c1-15(2)9-8-13(14(15)16-3)20(17,18)12-7-5-6-11(10-12)19-4/h5-7,10,13-14,16H,8-9H2,1-4H3. The molecule has 1 aromatic carbocycles. The van der Waals surface area contributed by atoms with E-state index in [9.17, 15) is 8.42 Å². The topological polar surface area (TPSA) is 55.4 Å². The smallest absolute Gasteiger partial charge is 0.182 e. The number of rotatable bonds is 4. The van der Waals surface area contributed by atoms with Crippen molar-refractivity contribution in [2.75, 3.05) is 14.2 Å². The lowest BCUT2D eigenvalue weighted by molar-refractivity contribution is 0.297.